The fourth-order valence-electron chi connectivity index (χ4n) is 8.71. The van der Waals surface area contributed by atoms with Gasteiger partial charge in [-0.2, -0.15) is 0 Å². The SMILES string of the molecule is CC/C=C\C/C=C\C/C=C\C/C=C\C/C=C\C/C=C\C/C=C\C/C=C\C/C=C\C/C=C\CCCCCCC(=O)OCC(COC(=O)CCCCCCCCCCC)OC(=O)CCCCCCCCCCCCCCCCC. The lowest BCUT2D eigenvalue weighted by atomic mass is 10.0. The Balaban J connectivity index is 4.23. The number of carbonyl (C=O) groups excluding carboxylic acids is 3. The minimum absolute atomic E-state index is 0.0837. The Morgan fingerprint density at radius 2 is 0.506 bits per heavy atom. The Hall–Kier alpha value is -4.19. The summed E-state index contributed by atoms with van der Waals surface area (Å²) in [7, 11) is 0. The van der Waals surface area contributed by atoms with Gasteiger partial charge in [-0.3, -0.25) is 14.4 Å². The summed E-state index contributed by atoms with van der Waals surface area (Å²) in [4.78, 5) is 38.1. The fraction of sp³-hybridized carbons (Fsp3) is 0.676. The van der Waals surface area contributed by atoms with Crippen molar-refractivity contribution < 1.29 is 28.6 Å². The second-order valence-electron chi connectivity index (χ2n) is 21.0. The lowest BCUT2D eigenvalue weighted by molar-refractivity contribution is -0.167. The van der Waals surface area contributed by atoms with E-state index in [1.807, 2.05) is 0 Å². The summed E-state index contributed by atoms with van der Waals surface area (Å²) < 4.78 is 16.8. The fourth-order valence-corrected chi connectivity index (χ4v) is 8.71. The highest BCUT2D eigenvalue weighted by molar-refractivity contribution is 5.71. The Kier molecular flexibility index (Phi) is 60.8. The average molecular weight is 1070 g/mol. The van der Waals surface area contributed by atoms with Crippen LogP contribution in [0.1, 0.15) is 290 Å². The minimum atomic E-state index is -0.786. The first-order chi connectivity index (χ1) is 38.0. The van der Waals surface area contributed by atoms with Gasteiger partial charge in [0.15, 0.2) is 6.10 Å². The summed E-state index contributed by atoms with van der Waals surface area (Å²) in [6.07, 6.45) is 89.3. The Morgan fingerprint density at radius 3 is 0.792 bits per heavy atom. The van der Waals surface area contributed by atoms with Gasteiger partial charge in [0.1, 0.15) is 13.2 Å². The van der Waals surface area contributed by atoms with E-state index in [-0.39, 0.29) is 31.1 Å². The van der Waals surface area contributed by atoms with Crippen molar-refractivity contribution in [1.82, 2.24) is 0 Å². The monoisotopic (exact) mass is 1070 g/mol. The maximum atomic E-state index is 12.8. The van der Waals surface area contributed by atoms with Gasteiger partial charge in [0.2, 0.25) is 0 Å². The van der Waals surface area contributed by atoms with Crippen molar-refractivity contribution in [2.45, 2.75) is 297 Å². The molecule has 0 aliphatic carbocycles. The normalized spacial score (nSPS) is 12.9. The molecule has 1 unspecified atom stereocenters. The number of carbonyl (C=O) groups is 3. The number of hydrogen-bond donors (Lipinski definition) is 0. The molecule has 0 N–H and O–H groups in total. The molecule has 6 heteroatoms. The van der Waals surface area contributed by atoms with Crippen molar-refractivity contribution in [3.8, 4) is 0 Å². The van der Waals surface area contributed by atoms with Crippen molar-refractivity contribution in [2.75, 3.05) is 13.2 Å². The number of ether oxygens (including phenoxy) is 3. The van der Waals surface area contributed by atoms with Crippen LogP contribution in [0.25, 0.3) is 0 Å². The smallest absolute Gasteiger partial charge is 0.306 e. The molecule has 0 amide bonds. The van der Waals surface area contributed by atoms with Crippen LogP contribution >= 0.6 is 0 Å². The third-order valence-corrected chi connectivity index (χ3v) is 13.5. The van der Waals surface area contributed by atoms with E-state index in [1.165, 1.54) is 116 Å². The summed E-state index contributed by atoms with van der Waals surface area (Å²) in [6, 6.07) is 0. The summed E-state index contributed by atoms with van der Waals surface area (Å²) in [5.41, 5.74) is 0. The Labute approximate surface area is 475 Å². The second kappa shape index (κ2) is 64.3. The molecule has 77 heavy (non-hydrogen) atoms. The molecule has 1 atom stereocenters. The third kappa shape index (κ3) is 62.5. The first kappa shape index (κ1) is 72.8. The first-order valence-corrected chi connectivity index (χ1v) is 32.0. The van der Waals surface area contributed by atoms with E-state index in [1.54, 1.807) is 0 Å². The van der Waals surface area contributed by atoms with Gasteiger partial charge in [-0.15, -0.1) is 0 Å². The van der Waals surface area contributed by atoms with Gasteiger partial charge >= 0.3 is 17.9 Å². The van der Waals surface area contributed by atoms with Gasteiger partial charge in [-0.1, -0.05) is 296 Å². The van der Waals surface area contributed by atoms with Crippen LogP contribution in [-0.4, -0.2) is 37.2 Å². The highest BCUT2D eigenvalue weighted by Gasteiger charge is 2.19. The van der Waals surface area contributed by atoms with Crippen molar-refractivity contribution in [1.29, 1.82) is 0 Å². The second-order valence-corrected chi connectivity index (χ2v) is 21.0. The highest BCUT2D eigenvalue weighted by atomic mass is 16.6. The molecule has 0 fully saturated rings. The molecule has 0 aromatic rings. The molecule has 0 bridgehead atoms. The largest absolute Gasteiger partial charge is 0.462 e. The van der Waals surface area contributed by atoms with E-state index in [0.717, 1.165) is 135 Å². The quantitative estimate of drug-likeness (QED) is 0.0261. The molecule has 6 nitrogen and oxygen atoms in total. The molecule has 0 heterocycles. The molecule has 0 spiro atoms. The maximum Gasteiger partial charge on any atom is 0.306 e. The molecule has 0 aromatic heterocycles. The van der Waals surface area contributed by atoms with Crippen LogP contribution in [0.4, 0.5) is 0 Å². The van der Waals surface area contributed by atoms with Gasteiger partial charge in [-0.05, 0) is 96.3 Å². The zero-order valence-corrected chi connectivity index (χ0v) is 50.2. The van der Waals surface area contributed by atoms with E-state index in [4.69, 9.17) is 14.2 Å². The van der Waals surface area contributed by atoms with Crippen LogP contribution in [0.2, 0.25) is 0 Å². The standard InChI is InChI=1S/C71H118O6/c1-4-7-10-13-16-19-21-23-25-26-27-28-29-30-31-32-33-34-35-36-37-38-39-40-41-42-43-44-46-47-49-52-55-58-61-64-70(73)76-67-68(66-75-69(72)63-60-57-54-51-18-15-12-9-6-3)77-71(74)65-62-59-56-53-50-48-45-24-22-20-17-14-11-8-5-2/h7,10,16,19,23,25,27-28,30-31,33-34,36-37,39-40,42-43,46-47,68H,4-6,8-9,11-15,17-18,20-22,24,26,29,32,35,38,41,44-45,48-67H2,1-3H3/b10-7-,19-16-,25-23-,28-27-,31-30-,34-33-,37-36-,40-39-,43-42-,47-46-. The highest BCUT2D eigenvalue weighted by Crippen LogP contribution is 2.16. The topological polar surface area (TPSA) is 78.9 Å². The van der Waals surface area contributed by atoms with E-state index >= 15 is 0 Å². The first-order valence-electron chi connectivity index (χ1n) is 32.0. The van der Waals surface area contributed by atoms with E-state index in [2.05, 4.69) is 142 Å². The third-order valence-electron chi connectivity index (χ3n) is 13.5. The molecule has 0 aliphatic heterocycles. The van der Waals surface area contributed by atoms with Crippen molar-refractivity contribution >= 4 is 17.9 Å². The van der Waals surface area contributed by atoms with Gasteiger partial charge in [-0.25, -0.2) is 0 Å². The Bertz CT molecular complexity index is 1600. The predicted molar refractivity (Wildman–Crippen MR) is 334 cm³/mol. The molecule has 0 aliphatic rings. The molecule has 0 aromatic carbocycles. The van der Waals surface area contributed by atoms with Crippen LogP contribution in [-0.2, 0) is 28.6 Å². The Morgan fingerprint density at radius 1 is 0.273 bits per heavy atom. The number of hydrogen-bond acceptors (Lipinski definition) is 6. The predicted octanol–water partition coefficient (Wildman–Crippen LogP) is 22.0. The number of esters is 3. The zero-order valence-electron chi connectivity index (χ0n) is 50.2. The van der Waals surface area contributed by atoms with Crippen LogP contribution < -0.4 is 0 Å². The molecule has 0 rings (SSSR count). The van der Waals surface area contributed by atoms with Gasteiger partial charge in [0.25, 0.3) is 0 Å². The van der Waals surface area contributed by atoms with Crippen LogP contribution in [0.3, 0.4) is 0 Å². The number of allylic oxidation sites excluding steroid dienone is 20. The molecule has 0 radical (unpaired) electrons. The maximum absolute atomic E-state index is 12.8. The van der Waals surface area contributed by atoms with Crippen LogP contribution in [0, 0.1) is 0 Å². The molecular weight excluding hydrogens is 949 g/mol. The lowest BCUT2D eigenvalue weighted by Crippen LogP contribution is -2.30. The summed E-state index contributed by atoms with van der Waals surface area (Å²) in [5.74, 6) is -0.907. The van der Waals surface area contributed by atoms with Gasteiger partial charge in [0.05, 0.1) is 0 Å². The van der Waals surface area contributed by atoms with Crippen molar-refractivity contribution in [3.63, 3.8) is 0 Å². The van der Waals surface area contributed by atoms with Gasteiger partial charge in [0, 0.05) is 19.3 Å². The average Bonchev–Trinajstić information content (AvgIpc) is 3.43. The van der Waals surface area contributed by atoms with Crippen molar-refractivity contribution in [3.05, 3.63) is 122 Å². The molecule has 438 valence electrons. The number of unbranched alkanes of at least 4 members (excludes halogenated alkanes) is 26. The zero-order chi connectivity index (χ0) is 55.7. The van der Waals surface area contributed by atoms with E-state index < -0.39 is 6.10 Å². The van der Waals surface area contributed by atoms with E-state index in [9.17, 15) is 14.4 Å². The lowest BCUT2D eigenvalue weighted by Gasteiger charge is -2.18. The molecular formula is C71H118O6. The molecule has 0 saturated heterocycles. The number of rotatable bonds is 57. The van der Waals surface area contributed by atoms with Gasteiger partial charge < -0.3 is 14.2 Å². The molecule has 0 saturated carbocycles. The van der Waals surface area contributed by atoms with Crippen molar-refractivity contribution in [2.24, 2.45) is 0 Å². The summed E-state index contributed by atoms with van der Waals surface area (Å²) in [5, 5.41) is 0. The van der Waals surface area contributed by atoms with E-state index in [0.29, 0.717) is 19.3 Å². The summed E-state index contributed by atoms with van der Waals surface area (Å²) in [6.45, 7) is 6.50. The van der Waals surface area contributed by atoms with Crippen LogP contribution in [0.15, 0.2) is 122 Å². The minimum Gasteiger partial charge on any atom is -0.462 e. The summed E-state index contributed by atoms with van der Waals surface area (Å²) >= 11 is 0. The van der Waals surface area contributed by atoms with Crippen LogP contribution in [0.5, 0.6) is 0 Å².